The Morgan fingerprint density at radius 3 is 2.45 bits per heavy atom. The summed E-state index contributed by atoms with van der Waals surface area (Å²) in [5.41, 5.74) is 2.63. The second-order valence-corrected chi connectivity index (χ2v) is 8.97. The second-order valence-electron chi connectivity index (χ2n) is 7.31. The molecule has 1 saturated heterocycles. The Balaban J connectivity index is 1.53. The molecule has 1 aliphatic rings. The van der Waals surface area contributed by atoms with Crippen molar-refractivity contribution in [3.05, 3.63) is 97.7 Å². The molecule has 0 atom stereocenters. The fourth-order valence-corrected chi connectivity index (χ4v) is 3.98. The molecule has 3 amide bonds. The van der Waals surface area contributed by atoms with Crippen molar-refractivity contribution in [2.45, 2.75) is 13.2 Å². The Morgan fingerprint density at radius 1 is 1.03 bits per heavy atom. The molecule has 1 fully saturated rings. The highest BCUT2D eigenvalue weighted by Gasteiger charge is 2.33. The Hall–Kier alpha value is -3.04. The average Bonchev–Trinajstić information content (AvgIpc) is 3.07. The first-order chi connectivity index (χ1) is 15.9. The monoisotopic (exact) mass is 574 g/mol. The SMILES string of the molecule is COc1cc(/C=C2/NC(=O)N(Cc3ccccc3)C2=O)cc(Cl)c1OCc1ccc(I)cc1. The van der Waals surface area contributed by atoms with Crippen molar-refractivity contribution >= 4 is 52.2 Å². The van der Waals surface area contributed by atoms with E-state index in [0.717, 1.165) is 14.7 Å². The fourth-order valence-electron chi connectivity index (χ4n) is 3.35. The van der Waals surface area contributed by atoms with E-state index in [0.29, 0.717) is 28.7 Å². The second kappa shape index (κ2) is 10.3. The summed E-state index contributed by atoms with van der Waals surface area (Å²) in [6.07, 6.45) is 1.57. The van der Waals surface area contributed by atoms with Crippen LogP contribution < -0.4 is 14.8 Å². The molecule has 0 saturated carbocycles. The van der Waals surface area contributed by atoms with Crippen molar-refractivity contribution in [2.24, 2.45) is 0 Å². The Bertz CT molecular complexity index is 1210. The molecule has 3 aromatic carbocycles. The lowest BCUT2D eigenvalue weighted by Crippen LogP contribution is -2.30. The summed E-state index contributed by atoms with van der Waals surface area (Å²) in [7, 11) is 1.52. The minimum atomic E-state index is -0.467. The molecular formula is C25H20ClIN2O4. The first-order valence-corrected chi connectivity index (χ1v) is 11.5. The van der Waals surface area contributed by atoms with E-state index < -0.39 is 11.9 Å². The number of halogens is 2. The normalized spacial score (nSPS) is 14.5. The van der Waals surface area contributed by atoms with Crippen LogP contribution in [0.5, 0.6) is 11.5 Å². The number of carbonyl (C=O) groups is 2. The number of ether oxygens (including phenoxy) is 2. The number of urea groups is 1. The van der Waals surface area contributed by atoms with Crippen LogP contribution in [0.25, 0.3) is 6.08 Å². The quantitative estimate of drug-likeness (QED) is 0.226. The minimum absolute atomic E-state index is 0.168. The third-order valence-electron chi connectivity index (χ3n) is 5.01. The molecule has 1 N–H and O–H groups in total. The number of benzene rings is 3. The largest absolute Gasteiger partial charge is 0.493 e. The topological polar surface area (TPSA) is 67.9 Å². The van der Waals surface area contributed by atoms with Gasteiger partial charge in [-0.1, -0.05) is 54.1 Å². The number of rotatable bonds is 7. The molecule has 4 rings (SSSR count). The van der Waals surface area contributed by atoms with E-state index >= 15 is 0 Å². The van der Waals surface area contributed by atoms with Gasteiger partial charge in [-0.05, 0) is 69.6 Å². The summed E-state index contributed by atoms with van der Waals surface area (Å²) in [5.74, 6) is 0.433. The van der Waals surface area contributed by atoms with Gasteiger partial charge < -0.3 is 14.8 Å². The van der Waals surface area contributed by atoms with Crippen LogP contribution in [0, 0.1) is 3.57 Å². The predicted molar refractivity (Wildman–Crippen MR) is 135 cm³/mol. The van der Waals surface area contributed by atoms with Crippen LogP contribution in [0.4, 0.5) is 4.79 Å². The highest BCUT2D eigenvalue weighted by molar-refractivity contribution is 14.1. The smallest absolute Gasteiger partial charge is 0.329 e. The Morgan fingerprint density at radius 2 is 1.76 bits per heavy atom. The van der Waals surface area contributed by atoms with E-state index in [-0.39, 0.29) is 12.2 Å². The van der Waals surface area contributed by atoms with Crippen LogP contribution in [0.1, 0.15) is 16.7 Å². The summed E-state index contributed by atoms with van der Waals surface area (Å²) in [4.78, 5) is 26.3. The molecule has 0 radical (unpaired) electrons. The fraction of sp³-hybridized carbons (Fsp3) is 0.120. The maximum Gasteiger partial charge on any atom is 0.329 e. The molecular weight excluding hydrogens is 555 g/mol. The molecule has 8 heteroatoms. The summed E-state index contributed by atoms with van der Waals surface area (Å²) >= 11 is 8.72. The van der Waals surface area contributed by atoms with Crippen LogP contribution in [-0.4, -0.2) is 23.9 Å². The first kappa shape index (κ1) is 23.1. The van der Waals surface area contributed by atoms with Crippen LogP contribution >= 0.6 is 34.2 Å². The summed E-state index contributed by atoms with van der Waals surface area (Å²) in [5, 5.41) is 2.97. The minimum Gasteiger partial charge on any atom is -0.493 e. The van der Waals surface area contributed by atoms with E-state index in [1.807, 2.05) is 54.6 Å². The third kappa shape index (κ3) is 5.48. The van der Waals surface area contributed by atoms with Gasteiger partial charge in [-0.3, -0.25) is 9.69 Å². The number of imide groups is 1. The van der Waals surface area contributed by atoms with E-state index in [2.05, 4.69) is 27.9 Å². The van der Waals surface area contributed by atoms with Gasteiger partial charge in [0.1, 0.15) is 12.3 Å². The average molecular weight is 575 g/mol. The van der Waals surface area contributed by atoms with Gasteiger partial charge in [0, 0.05) is 3.57 Å². The van der Waals surface area contributed by atoms with Crippen molar-refractivity contribution in [1.82, 2.24) is 10.2 Å². The Labute approximate surface area is 210 Å². The standard InChI is InChI=1S/C25H20ClIN2O4/c1-32-22-13-18(11-20(26)23(22)33-15-17-7-9-19(27)10-8-17)12-21-24(30)29(25(31)28-21)14-16-5-3-2-4-6-16/h2-13H,14-15H2,1H3,(H,28,31)/b21-12+. The lowest BCUT2D eigenvalue weighted by Gasteiger charge is -2.14. The number of hydrogen-bond acceptors (Lipinski definition) is 4. The predicted octanol–water partition coefficient (Wildman–Crippen LogP) is 5.63. The zero-order valence-electron chi connectivity index (χ0n) is 17.7. The van der Waals surface area contributed by atoms with Crippen LogP contribution in [0.15, 0.2) is 72.4 Å². The zero-order valence-corrected chi connectivity index (χ0v) is 20.6. The first-order valence-electron chi connectivity index (χ1n) is 10.1. The van der Waals surface area contributed by atoms with Gasteiger partial charge in [-0.25, -0.2) is 4.79 Å². The number of nitrogens with one attached hydrogen (secondary N) is 1. The van der Waals surface area contributed by atoms with E-state index in [9.17, 15) is 9.59 Å². The Kier molecular flexibility index (Phi) is 7.20. The van der Waals surface area contributed by atoms with E-state index in [1.54, 1.807) is 18.2 Å². The van der Waals surface area contributed by atoms with Crippen molar-refractivity contribution in [1.29, 1.82) is 0 Å². The van der Waals surface area contributed by atoms with Crippen LogP contribution in [0.3, 0.4) is 0 Å². The highest BCUT2D eigenvalue weighted by atomic mass is 127. The van der Waals surface area contributed by atoms with Crippen molar-refractivity contribution in [3.63, 3.8) is 0 Å². The van der Waals surface area contributed by atoms with Gasteiger partial charge in [-0.15, -0.1) is 0 Å². The number of carbonyl (C=O) groups excluding carboxylic acids is 2. The van der Waals surface area contributed by atoms with E-state index in [4.69, 9.17) is 21.1 Å². The lowest BCUT2D eigenvalue weighted by atomic mass is 10.1. The van der Waals surface area contributed by atoms with Crippen molar-refractivity contribution in [2.75, 3.05) is 7.11 Å². The molecule has 168 valence electrons. The number of nitrogens with zero attached hydrogens (tertiary/aromatic N) is 1. The molecule has 0 aromatic heterocycles. The summed E-state index contributed by atoms with van der Waals surface area (Å²) in [6, 6.07) is 20.2. The molecule has 33 heavy (non-hydrogen) atoms. The summed E-state index contributed by atoms with van der Waals surface area (Å²) < 4.78 is 12.5. The van der Waals surface area contributed by atoms with Crippen molar-refractivity contribution in [3.8, 4) is 11.5 Å². The maximum atomic E-state index is 12.8. The number of hydrogen-bond donors (Lipinski definition) is 1. The summed E-state index contributed by atoms with van der Waals surface area (Å²) in [6.45, 7) is 0.522. The molecule has 3 aromatic rings. The van der Waals surface area contributed by atoms with Crippen molar-refractivity contribution < 1.29 is 19.1 Å². The van der Waals surface area contributed by atoms with Gasteiger partial charge in [0.15, 0.2) is 11.5 Å². The molecule has 0 bridgehead atoms. The van der Waals surface area contributed by atoms with Gasteiger partial charge >= 0.3 is 6.03 Å². The molecule has 0 aliphatic carbocycles. The van der Waals surface area contributed by atoms with Crippen LogP contribution in [0.2, 0.25) is 5.02 Å². The number of methoxy groups -OCH3 is 1. The van der Waals surface area contributed by atoms with Gasteiger partial charge in [-0.2, -0.15) is 0 Å². The lowest BCUT2D eigenvalue weighted by molar-refractivity contribution is -0.123. The zero-order chi connectivity index (χ0) is 23.4. The molecule has 0 spiro atoms. The van der Waals surface area contributed by atoms with Crippen LogP contribution in [-0.2, 0) is 17.9 Å². The highest BCUT2D eigenvalue weighted by Crippen LogP contribution is 2.37. The van der Waals surface area contributed by atoms with E-state index in [1.165, 1.54) is 12.0 Å². The molecule has 6 nitrogen and oxygen atoms in total. The number of amides is 3. The third-order valence-corrected chi connectivity index (χ3v) is 6.00. The maximum absolute atomic E-state index is 12.8. The molecule has 1 heterocycles. The van der Waals surface area contributed by atoms with Gasteiger partial charge in [0.2, 0.25) is 0 Å². The molecule has 1 aliphatic heterocycles. The van der Waals surface area contributed by atoms with Gasteiger partial charge in [0.25, 0.3) is 5.91 Å². The van der Waals surface area contributed by atoms with Gasteiger partial charge in [0.05, 0.1) is 18.7 Å². The molecule has 0 unspecified atom stereocenters.